The van der Waals surface area contributed by atoms with Gasteiger partial charge in [0.05, 0.1) is 0 Å². The molecule has 0 aliphatic carbocycles. The van der Waals surface area contributed by atoms with Crippen molar-refractivity contribution in [1.29, 1.82) is 0 Å². The number of halogens is 2. The van der Waals surface area contributed by atoms with Gasteiger partial charge in [0.2, 0.25) is 0 Å². The maximum absolute atomic E-state index is 14.2. The molecular formula is C10H11F2N3OS. The summed E-state index contributed by atoms with van der Waals surface area (Å²) in [5, 5.41) is 4.02. The standard InChI is InChI=1S/C10H11F2N3OS/c11-10(12,8-13-3-4-17-8)7-2-1-6-5-15(7)9(16)14-6/h3-4,6-7H,1-2,5H2,(H,14,16). The second-order valence-electron chi connectivity index (χ2n) is 4.35. The Balaban J connectivity index is 1.91. The van der Waals surface area contributed by atoms with Gasteiger partial charge in [-0.3, -0.25) is 0 Å². The summed E-state index contributed by atoms with van der Waals surface area (Å²) in [5.74, 6) is -3.05. The Hall–Kier alpha value is -1.24. The molecule has 7 heteroatoms. The van der Waals surface area contributed by atoms with E-state index in [-0.39, 0.29) is 17.1 Å². The number of carbonyl (C=O) groups is 1. The minimum Gasteiger partial charge on any atom is -0.333 e. The van der Waals surface area contributed by atoms with Crippen molar-refractivity contribution in [3.05, 3.63) is 16.6 Å². The Morgan fingerprint density at radius 2 is 2.35 bits per heavy atom. The molecule has 0 radical (unpaired) electrons. The van der Waals surface area contributed by atoms with Crippen LogP contribution in [0.15, 0.2) is 11.6 Å². The topological polar surface area (TPSA) is 45.2 Å². The van der Waals surface area contributed by atoms with Crippen molar-refractivity contribution in [3.8, 4) is 0 Å². The van der Waals surface area contributed by atoms with Gasteiger partial charge in [-0.05, 0) is 12.8 Å². The molecule has 2 bridgehead atoms. The fourth-order valence-corrected chi connectivity index (χ4v) is 3.14. The van der Waals surface area contributed by atoms with Crippen molar-refractivity contribution in [2.75, 3.05) is 6.54 Å². The van der Waals surface area contributed by atoms with Crippen LogP contribution in [0.5, 0.6) is 0 Å². The van der Waals surface area contributed by atoms with Crippen molar-refractivity contribution >= 4 is 17.4 Å². The average Bonchev–Trinajstić information content (AvgIpc) is 2.89. The van der Waals surface area contributed by atoms with Gasteiger partial charge < -0.3 is 10.2 Å². The molecule has 2 atom stereocenters. The first kappa shape index (κ1) is 10.9. The lowest BCUT2D eigenvalue weighted by Gasteiger charge is -2.35. The molecule has 0 saturated carbocycles. The van der Waals surface area contributed by atoms with E-state index in [9.17, 15) is 13.6 Å². The van der Waals surface area contributed by atoms with Crippen molar-refractivity contribution in [2.45, 2.75) is 30.8 Å². The van der Waals surface area contributed by atoms with Crippen LogP contribution < -0.4 is 5.32 Å². The van der Waals surface area contributed by atoms with E-state index in [1.807, 2.05) is 0 Å². The summed E-state index contributed by atoms with van der Waals surface area (Å²) in [6.45, 7) is 0.379. The first-order chi connectivity index (χ1) is 8.09. The lowest BCUT2D eigenvalue weighted by Crippen LogP contribution is -2.49. The SMILES string of the molecule is O=C1NC2CCC(C(F)(F)c3nccs3)N1C2. The molecule has 1 aromatic rings. The number of urea groups is 1. The predicted octanol–water partition coefficient (Wildman–Crippen LogP) is 1.79. The molecule has 2 aliphatic heterocycles. The van der Waals surface area contributed by atoms with E-state index in [1.54, 1.807) is 0 Å². The first-order valence-electron chi connectivity index (χ1n) is 5.44. The molecular weight excluding hydrogens is 248 g/mol. The molecule has 17 heavy (non-hydrogen) atoms. The summed E-state index contributed by atoms with van der Waals surface area (Å²) in [4.78, 5) is 16.5. The van der Waals surface area contributed by atoms with Crippen LogP contribution in [0.4, 0.5) is 13.6 Å². The lowest BCUT2D eigenvalue weighted by molar-refractivity contribution is -0.0823. The summed E-state index contributed by atoms with van der Waals surface area (Å²) in [6, 6.07) is -1.41. The van der Waals surface area contributed by atoms with Crippen LogP contribution in [0, 0.1) is 0 Å². The largest absolute Gasteiger partial charge is 0.333 e. The minimum atomic E-state index is -3.05. The zero-order valence-electron chi connectivity index (χ0n) is 8.90. The van der Waals surface area contributed by atoms with Gasteiger partial charge in [-0.1, -0.05) is 0 Å². The number of fused-ring (bicyclic) bond motifs is 2. The number of rotatable bonds is 2. The molecule has 2 aliphatic rings. The van der Waals surface area contributed by atoms with Crippen LogP contribution in [0.3, 0.4) is 0 Å². The highest BCUT2D eigenvalue weighted by Crippen LogP contribution is 2.41. The highest BCUT2D eigenvalue weighted by atomic mass is 32.1. The summed E-state index contributed by atoms with van der Waals surface area (Å²) in [5.41, 5.74) is 0. The number of aromatic nitrogens is 1. The number of amides is 2. The summed E-state index contributed by atoms with van der Waals surface area (Å²) in [6.07, 6.45) is 2.29. The predicted molar refractivity (Wildman–Crippen MR) is 58.1 cm³/mol. The normalized spacial score (nSPS) is 28.4. The second kappa shape index (κ2) is 3.63. The number of nitrogens with one attached hydrogen (secondary N) is 1. The number of alkyl halides is 2. The molecule has 4 nitrogen and oxygen atoms in total. The molecule has 2 amide bonds. The first-order valence-corrected chi connectivity index (χ1v) is 6.32. The fraction of sp³-hybridized carbons (Fsp3) is 0.600. The molecule has 0 spiro atoms. The minimum absolute atomic E-state index is 0.0332. The highest BCUT2D eigenvalue weighted by molar-refractivity contribution is 7.09. The smallest absolute Gasteiger partial charge is 0.318 e. The van der Waals surface area contributed by atoms with Crippen LogP contribution in [0.1, 0.15) is 17.8 Å². The molecule has 2 fully saturated rings. The van der Waals surface area contributed by atoms with E-state index in [1.165, 1.54) is 16.5 Å². The van der Waals surface area contributed by atoms with Crippen molar-refractivity contribution in [3.63, 3.8) is 0 Å². The zero-order chi connectivity index (χ0) is 12.0. The van der Waals surface area contributed by atoms with Gasteiger partial charge in [0.15, 0.2) is 5.01 Å². The van der Waals surface area contributed by atoms with Gasteiger partial charge in [0.25, 0.3) is 0 Å². The molecule has 1 N–H and O–H groups in total. The molecule has 92 valence electrons. The van der Waals surface area contributed by atoms with Crippen molar-refractivity contribution in [2.24, 2.45) is 0 Å². The zero-order valence-corrected chi connectivity index (χ0v) is 9.71. The summed E-state index contributed by atoms with van der Waals surface area (Å²) < 4.78 is 28.5. The van der Waals surface area contributed by atoms with Crippen LogP contribution in [-0.2, 0) is 5.92 Å². The second-order valence-corrected chi connectivity index (χ2v) is 5.25. The number of thiazole rings is 1. The third kappa shape index (κ3) is 1.60. The van der Waals surface area contributed by atoms with Gasteiger partial charge in [-0.2, -0.15) is 8.78 Å². The molecule has 0 aromatic carbocycles. The van der Waals surface area contributed by atoms with Gasteiger partial charge >= 0.3 is 12.0 Å². The number of hydrogen-bond donors (Lipinski definition) is 1. The third-order valence-corrected chi connectivity index (χ3v) is 4.16. The molecule has 1 aromatic heterocycles. The van der Waals surface area contributed by atoms with E-state index in [0.29, 0.717) is 19.4 Å². The Kier molecular flexibility index (Phi) is 2.32. The highest BCUT2D eigenvalue weighted by Gasteiger charge is 2.52. The van der Waals surface area contributed by atoms with Crippen LogP contribution in [0.2, 0.25) is 0 Å². The van der Waals surface area contributed by atoms with E-state index in [4.69, 9.17) is 0 Å². The average molecular weight is 259 g/mol. The maximum atomic E-state index is 14.2. The number of hydrogen-bond acceptors (Lipinski definition) is 3. The monoisotopic (exact) mass is 259 g/mol. The molecule has 3 heterocycles. The number of nitrogens with zero attached hydrogens (tertiary/aromatic N) is 2. The Bertz CT molecular complexity index is 437. The quantitative estimate of drug-likeness (QED) is 0.880. The summed E-state index contributed by atoms with van der Waals surface area (Å²) >= 11 is 0.931. The Morgan fingerprint density at radius 1 is 1.53 bits per heavy atom. The van der Waals surface area contributed by atoms with E-state index < -0.39 is 12.0 Å². The number of piperidine rings is 1. The van der Waals surface area contributed by atoms with Crippen LogP contribution in [0.25, 0.3) is 0 Å². The van der Waals surface area contributed by atoms with E-state index >= 15 is 0 Å². The van der Waals surface area contributed by atoms with Gasteiger partial charge in [0, 0.05) is 24.2 Å². The van der Waals surface area contributed by atoms with E-state index in [2.05, 4.69) is 10.3 Å². The molecule has 2 unspecified atom stereocenters. The number of carbonyl (C=O) groups excluding carboxylic acids is 1. The fourth-order valence-electron chi connectivity index (χ4n) is 2.48. The Labute approximate surface area is 101 Å². The van der Waals surface area contributed by atoms with Crippen molar-refractivity contribution in [1.82, 2.24) is 15.2 Å². The third-order valence-electron chi connectivity index (χ3n) is 3.31. The van der Waals surface area contributed by atoms with E-state index in [0.717, 1.165) is 11.3 Å². The van der Waals surface area contributed by atoms with Gasteiger partial charge in [-0.15, -0.1) is 11.3 Å². The lowest BCUT2D eigenvalue weighted by atomic mass is 9.96. The Morgan fingerprint density at radius 3 is 3.06 bits per heavy atom. The van der Waals surface area contributed by atoms with Crippen LogP contribution in [-0.4, -0.2) is 34.5 Å². The maximum Gasteiger partial charge on any atom is 0.318 e. The molecule has 3 rings (SSSR count). The molecule has 2 saturated heterocycles. The summed E-state index contributed by atoms with van der Waals surface area (Å²) in [7, 11) is 0. The van der Waals surface area contributed by atoms with Crippen molar-refractivity contribution < 1.29 is 13.6 Å². The van der Waals surface area contributed by atoms with Crippen LogP contribution >= 0.6 is 11.3 Å². The van der Waals surface area contributed by atoms with Gasteiger partial charge in [-0.25, -0.2) is 9.78 Å². The van der Waals surface area contributed by atoms with Gasteiger partial charge in [0.1, 0.15) is 6.04 Å².